The molecule has 1 aliphatic carbocycles. The number of Topliss-reactive ketones (excluding diaryl/α,β-unsaturated/α-hetero) is 1. The molecule has 0 saturated carbocycles. The second-order valence-electron chi connectivity index (χ2n) is 5.53. The summed E-state index contributed by atoms with van der Waals surface area (Å²) in [7, 11) is 0. The van der Waals surface area contributed by atoms with Crippen molar-refractivity contribution in [3.05, 3.63) is 64.6 Å². The van der Waals surface area contributed by atoms with Crippen LogP contribution in [-0.2, 0) is 11.2 Å². The standard InChI is InChI=1S/C18H12N4O/c1-11-6-18-20-10-13-7-15(14-5-3-2-4-12(14)9-19)17(23)8-16(13)22(18)21-11/h2-7,10H,8H2,1H3. The molecule has 0 saturated heterocycles. The third-order valence-corrected chi connectivity index (χ3v) is 4.00. The Morgan fingerprint density at radius 3 is 2.96 bits per heavy atom. The molecule has 0 spiro atoms. The SMILES string of the molecule is Cc1cc2ncc3c(n2n1)CC(=O)C(c1ccccc1C#N)=C3. The van der Waals surface area contributed by atoms with Gasteiger partial charge in [0.25, 0.3) is 0 Å². The summed E-state index contributed by atoms with van der Waals surface area (Å²) in [5.74, 6) is -0.0131. The lowest BCUT2D eigenvalue weighted by Gasteiger charge is -2.17. The van der Waals surface area contributed by atoms with Gasteiger partial charge in [-0.2, -0.15) is 10.4 Å². The summed E-state index contributed by atoms with van der Waals surface area (Å²) >= 11 is 0. The number of nitrogens with zero attached hydrogens (tertiary/aromatic N) is 4. The maximum Gasteiger partial charge on any atom is 0.169 e. The van der Waals surface area contributed by atoms with Crippen LogP contribution in [0.4, 0.5) is 0 Å². The highest BCUT2D eigenvalue weighted by Crippen LogP contribution is 2.29. The average molecular weight is 300 g/mol. The van der Waals surface area contributed by atoms with Crippen LogP contribution >= 0.6 is 0 Å². The van der Waals surface area contributed by atoms with Crippen molar-refractivity contribution < 1.29 is 4.79 Å². The third kappa shape index (κ3) is 2.04. The molecule has 0 amide bonds. The van der Waals surface area contributed by atoms with Crippen LogP contribution in [-0.4, -0.2) is 20.4 Å². The predicted molar refractivity (Wildman–Crippen MR) is 85.5 cm³/mol. The van der Waals surface area contributed by atoms with E-state index in [1.54, 1.807) is 35.0 Å². The fraction of sp³-hybridized carbons (Fsp3) is 0.111. The molecular weight excluding hydrogens is 288 g/mol. The molecule has 1 aromatic carbocycles. The Morgan fingerprint density at radius 2 is 2.13 bits per heavy atom. The van der Waals surface area contributed by atoms with Gasteiger partial charge in [-0.15, -0.1) is 0 Å². The lowest BCUT2D eigenvalue weighted by atomic mass is 9.89. The Morgan fingerprint density at radius 1 is 1.30 bits per heavy atom. The first-order valence-corrected chi connectivity index (χ1v) is 7.26. The summed E-state index contributed by atoms with van der Waals surface area (Å²) in [4.78, 5) is 17.0. The fourth-order valence-electron chi connectivity index (χ4n) is 2.93. The van der Waals surface area contributed by atoms with Gasteiger partial charge in [-0.3, -0.25) is 4.79 Å². The molecule has 0 radical (unpaired) electrons. The number of benzene rings is 1. The minimum absolute atomic E-state index is 0.0131. The Bertz CT molecular complexity index is 1040. The maximum atomic E-state index is 12.6. The molecule has 0 atom stereocenters. The highest BCUT2D eigenvalue weighted by Gasteiger charge is 2.24. The van der Waals surface area contributed by atoms with Crippen LogP contribution in [0.1, 0.15) is 28.1 Å². The van der Waals surface area contributed by atoms with E-state index in [4.69, 9.17) is 0 Å². The summed E-state index contributed by atoms with van der Waals surface area (Å²) in [6.07, 6.45) is 3.81. The van der Waals surface area contributed by atoms with Gasteiger partial charge in [0.15, 0.2) is 11.4 Å². The molecule has 1 aliphatic rings. The number of hydrogen-bond acceptors (Lipinski definition) is 4. The molecule has 0 N–H and O–H groups in total. The first kappa shape index (κ1) is 13.4. The van der Waals surface area contributed by atoms with Gasteiger partial charge in [0.05, 0.1) is 29.4 Å². The highest BCUT2D eigenvalue weighted by atomic mass is 16.1. The zero-order valence-corrected chi connectivity index (χ0v) is 12.4. The smallest absolute Gasteiger partial charge is 0.169 e. The molecule has 5 heteroatoms. The van der Waals surface area contributed by atoms with Gasteiger partial charge < -0.3 is 0 Å². The van der Waals surface area contributed by atoms with E-state index in [1.807, 2.05) is 19.1 Å². The first-order chi connectivity index (χ1) is 11.2. The number of carbonyl (C=O) groups excluding carboxylic acids is 1. The minimum Gasteiger partial charge on any atom is -0.294 e. The highest BCUT2D eigenvalue weighted by molar-refractivity contribution is 6.27. The quantitative estimate of drug-likeness (QED) is 0.692. The minimum atomic E-state index is -0.0131. The normalized spacial score (nSPS) is 13.6. The predicted octanol–water partition coefficient (Wildman–Crippen LogP) is 2.58. The van der Waals surface area contributed by atoms with E-state index in [2.05, 4.69) is 16.2 Å². The Balaban J connectivity index is 1.95. The number of fused-ring (bicyclic) bond motifs is 3. The topological polar surface area (TPSA) is 71.1 Å². The second-order valence-corrected chi connectivity index (χ2v) is 5.53. The summed E-state index contributed by atoms with van der Waals surface area (Å²) in [5.41, 5.74) is 5.03. The number of rotatable bonds is 1. The Labute approximate surface area is 132 Å². The molecule has 5 nitrogen and oxygen atoms in total. The van der Waals surface area contributed by atoms with E-state index in [9.17, 15) is 10.1 Å². The molecular formula is C18H12N4O. The maximum absolute atomic E-state index is 12.6. The monoisotopic (exact) mass is 300 g/mol. The summed E-state index contributed by atoms with van der Waals surface area (Å²) in [5, 5.41) is 13.7. The van der Waals surface area contributed by atoms with Gasteiger partial charge in [0, 0.05) is 29.0 Å². The van der Waals surface area contributed by atoms with Crippen molar-refractivity contribution in [1.82, 2.24) is 14.6 Å². The van der Waals surface area contributed by atoms with Gasteiger partial charge in [-0.1, -0.05) is 18.2 Å². The second kappa shape index (κ2) is 4.89. The average Bonchev–Trinajstić information content (AvgIpc) is 2.95. The number of aryl methyl sites for hydroxylation is 1. The number of nitriles is 1. The van der Waals surface area contributed by atoms with Crippen molar-refractivity contribution in [3.8, 4) is 6.07 Å². The molecule has 110 valence electrons. The van der Waals surface area contributed by atoms with E-state index in [0.717, 1.165) is 22.6 Å². The zero-order valence-electron chi connectivity index (χ0n) is 12.4. The third-order valence-electron chi connectivity index (χ3n) is 4.00. The van der Waals surface area contributed by atoms with Crippen LogP contribution in [0.25, 0.3) is 17.3 Å². The lowest BCUT2D eigenvalue weighted by molar-refractivity contribution is -0.113. The van der Waals surface area contributed by atoms with Gasteiger partial charge in [-0.25, -0.2) is 9.50 Å². The van der Waals surface area contributed by atoms with Crippen LogP contribution in [0.15, 0.2) is 36.5 Å². The number of allylic oxidation sites excluding steroid dienone is 1. The lowest BCUT2D eigenvalue weighted by Crippen LogP contribution is -2.16. The van der Waals surface area contributed by atoms with Crippen molar-refractivity contribution >= 4 is 23.1 Å². The van der Waals surface area contributed by atoms with E-state index in [-0.39, 0.29) is 12.2 Å². The van der Waals surface area contributed by atoms with Crippen molar-refractivity contribution in [2.45, 2.75) is 13.3 Å². The van der Waals surface area contributed by atoms with Crippen molar-refractivity contribution in [1.29, 1.82) is 5.26 Å². The zero-order chi connectivity index (χ0) is 16.0. The van der Waals surface area contributed by atoms with Crippen LogP contribution in [0.5, 0.6) is 0 Å². The Hall–Kier alpha value is -3.26. The molecule has 4 rings (SSSR count). The molecule has 0 unspecified atom stereocenters. The molecule has 0 bridgehead atoms. The molecule has 23 heavy (non-hydrogen) atoms. The summed E-state index contributed by atoms with van der Waals surface area (Å²) in [6.45, 7) is 1.90. The number of aromatic nitrogens is 3. The fourth-order valence-corrected chi connectivity index (χ4v) is 2.93. The number of ketones is 1. The van der Waals surface area contributed by atoms with Gasteiger partial charge in [0.1, 0.15) is 0 Å². The van der Waals surface area contributed by atoms with Gasteiger partial charge >= 0.3 is 0 Å². The van der Waals surface area contributed by atoms with Crippen LogP contribution in [0.3, 0.4) is 0 Å². The Kier molecular flexibility index (Phi) is 2.85. The number of hydrogen-bond donors (Lipinski definition) is 0. The molecule has 0 fully saturated rings. The van der Waals surface area contributed by atoms with E-state index in [1.165, 1.54) is 0 Å². The van der Waals surface area contributed by atoms with Crippen LogP contribution < -0.4 is 0 Å². The number of carbonyl (C=O) groups is 1. The van der Waals surface area contributed by atoms with Crippen molar-refractivity contribution in [2.75, 3.05) is 0 Å². The molecule has 0 aliphatic heterocycles. The van der Waals surface area contributed by atoms with E-state index >= 15 is 0 Å². The molecule has 2 aromatic heterocycles. The van der Waals surface area contributed by atoms with E-state index < -0.39 is 0 Å². The summed E-state index contributed by atoms with van der Waals surface area (Å²) in [6, 6.07) is 11.2. The molecule has 3 aromatic rings. The first-order valence-electron chi connectivity index (χ1n) is 7.26. The van der Waals surface area contributed by atoms with Crippen LogP contribution in [0, 0.1) is 18.3 Å². The van der Waals surface area contributed by atoms with E-state index in [0.29, 0.717) is 16.7 Å². The van der Waals surface area contributed by atoms with Gasteiger partial charge in [0.2, 0.25) is 0 Å². The molecule has 2 heterocycles. The van der Waals surface area contributed by atoms with Crippen LogP contribution in [0.2, 0.25) is 0 Å². The van der Waals surface area contributed by atoms with Crippen molar-refractivity contribution in [3.63, 3.8) is 0 Å². The summed E-state index contributed by atoms with van der Waals surface area (Å²) < 4.78 is 1.73. The van der Waals surface area contributed by atoms with Gasteiger partial charge in [-0.05, 0) is 19.1 Å². The van der Waals surface area contributed by atoms with Crippen molar-refractivity contribution in [2.24, 2.45) is 0 Å². The largest absolute Gasteiger partial charge is 0.294 e.